The van der Waals surface area contributed by atoms with Crippen molar-refractivity contribution in [2.45, 2.75) is 90.1 Å². The number of halogens is 1. The minimum absolute atomic E-state index is 0.0275. The largest absolute Gasteiger partial charge is 0.488 e. The number of benzene rings is 3. The molecule has 0 saturated heterocycles. The van der Waals surface area contributed by atoms with Gasteiger partial charge in [-0.25, -0.2) is 4.39 Å². The highest BCUT2D eigenvalue weighted by molar-refractivity contribution is 6.74. The summed E-state index contributed by atoms with van der Waals surface area (Å²) in [4.78, 5) is 50.4. The molecule has 3 aliphatic rings. The van der Waals surface area contributed by atoms with Crippen molar-refractivity contribution in [2.24, 2.45) is 17.8 Å². The van der Waals surface area contributed by atoms with Gasteiger partial charge in [-0.2, -0.15) is 0 Å². The van der Waals surface area contributed by atoms with Crippen LogP contribution in [0.3, 0.4) is 0 Å². The number of rotatable bonds is 11. The van der Waals surface area contributed by atoms with Crippen molar-refractivity contribution in [3.63, 3.8) is 0 Å². The summed E-state index contributed by atoms with van der Waals surface area (Å²) >= 11 is 0. The van der Waals surface area contributed by atoms with Crippen LogP contribution in [0.1, 0.15) is 87.5 Å². The van der Waals surface area contributed by atoms with Crippen molar-refractivity contribution in [3.8, 4) is 11.6 Å². The number of aromatic nitrogens is 1. The maximum atomic E-state index is 16.9. The summed E-state index contributed by atoms with van der Waals surface area (Å²) < 4.78 is 42.8. The molecule has 3 aliphatic carbocycles. The van der Waals surface area contributed by atoms with Gasteiger partial charge in [-0.1, -0.05) is 81.4 Å². The number of carbonyl (C=O) groups is 3. The van der Waals surface area contributed by atoms with Crippen molar-refractivity contribution < 1.29 is 37.2 Å². The first-order valence-corrected chi connectivity index (χ1v) is 22.6. The molecule has 4 aromatic rings. The number of Topliss-reactive ketones (excluding diaryl/α,β-unsaturated/α-hetero) is 3. The Kier molecular flexibility index (Phi) is 10.7. The Morgan fingerprint density at radius 2 is 1.51 bits per heavy atom. The van der Waals surface area contributed by atoms with Gasteiger partial charge in [0.1, 0.15) is 30.3 Å². The first-order chi connectivity index (χ1) is 26.9. The third-order valence-corrected chi connectivity index (χ3v) is 17.1. The second-order valence-electron chi connectivity index (χ2n) is 18.0. The number of hydrogen-bond acceptors (Lipinski definition) is 10. The molecule has 0 amide bonds. The average Bonchev–Trinajstić information content (AvgIpc) is 3.57. The van der Waals surface area contributed by atoms with Crippen molar-refractivity contribution in [3.05, 3.63) is 111 Å². The van der Waals surface area contributed by atoms with E-state index in [0.29, 0.717) is 17.7 Å². The van der Waals surface area contributed by atoms with Crippen LogP contribution in [0.25, 0.3) is 0 Å². The summed E-state index contributed by atoms with van der Waals surface area (Å²) in [5.74, 6) is -4.36. The van der Waals surface area contributed by atoms with E-state index in [1.165, 1.54) is 0 Å². The van der Waals surface area contributed by atoms with Gasteiger partial charge in [-0.15, -0.1) is 0 Å². The summed E-state index contributed by atoms with van der Waals surface area (Å²) in [6.07, 6.45) is 0.336. The first-order valence-electron chi connectivity index (χ1n) is 19.7. The zero-order valence-electron chi connectivity index (χ0n) is 34.7. The first kappa shape index (κ1) is 40.7. The van der Waals surface area contributed by atoms with Crippen molar-refractivity contribution in [1.29, 1.82) is 0 Å². The van der Waals surface area contributed by atoms with Gasteiger partial charge in [0.25, 0.3) is 5.88 Å². The minimum Gasteiger partial charge on any atom is -0.488 e. The molecule has 0 bridgehead atoms. The molecular formula is C45H54FN3O7Si. The number of fused-ring (bicyclic) bond motifs is 4. The average molecular weight is 796 g/mol. The standard InChI is InChI=1S/C45H54FN3O7Si/c1-26-31(23-48(5)6)36(46)30-21-29-22-32-37(49(7)8)40-35(43(47-55-40)54-25-28-19-15-12-16-20-28)42(52)45(32,56-57(9,10)44(2,3)4)41(51)33(29)38(50)34(30)39(26)53-24-27-17-13-11-14-18-27/h11-20,29,32-33,37H,21-25H2,1-10H3/t29-,32-,33?,37-,45-/m0/s1. The fourth-order valence-corrected chi connectivity index (χ4v) is 10.3. The Morgan fingerprint density at radius 1 is 0.912 bits per heavy atom. The van der Waals surface area contributed by atoms with Crippen LogP contribution in [0.4, 0.5) is 4.39 Å². The lowest BCUT2D eigenvalue weighted by atomic mass is 9.54. The van der Waals surface area contributed by atoms with Gasteiger partial charge in [0.15, 0.2) is 31.2 Å². The minimum atomic E-state index is -2.95. The van der Waals surface area contributed by atoms with Crippen LogP contribution in [0, 0.1) is 30.5 Å². The van der Waals surface area contributed by atoms with E-state index < -0.39 is 65.9 Å². The third kappa shape index (κ3) is 6.88. The Bertz CT molecular complexity index is 2200. The predicted molar refractivity (Wildman–Crippen MR) is 216 cm³/mol. The van der Waals surface area contributed by atoms with Crippen molar-refractivity contribution in [1.82, 2.24) is 15.0 Å². The monoisotopic (exact) mass is 795 g/mol. The Labute approximate surface area is 335 Å². The topological polar surface area (TPSA) is 111 Å². The number of ether oxygens (including phenoxy) is 2. The van der Waals surface area contributed by atoms with Crippen LogP contribution in [-0.4, -0.2) is 74.4 Å². The second kappa shape index (κ2) is 15.0. The van der Waals surface area contributed by atoms with Crippen LogP contribution in [-0.2, 0) is 35.4 Å². The van der Waals surface area contributed by atoms with Crippen LogP contribution in [0.15, 0.2) is 65.2 Å². The molecule has 1 fully saturated rings. The maximum Gasteiger partial charge on any atom is 0.265 e. The van der Waals surface area contributed by atoms with E-state index >= 15 is 18.8 Å². The molecule has 7 rings (SSSR count). The molecule has 10 nitrogen and oxygen atoms in total. The lowest BCUT2D eigenvalue weighted by Gasteiger charge is -2.56. The maximum absolute atomic E-state index is 16.9. The molecule has 0 aliphatic heterocycles. The summed E-state index contributed by atoms with van der Waals surface area (Å²) in [6.45, 7) is 12.5. The Balaban J connectivity index is 1.40. The highest BCUT2D eigenvalue weighted by Crippen LogP contribution is 2.59. The van der Waals surface area contributed by atoms with Crippen molar-refractivity contribution in [2.75, 3.05) is 28.2 Å². The third-order valence-electron chi connectivity index (χ3n) is 12.6. The van der Waals surface area contributed by atoms with E-state index in [9.17, 15) is 0 Å². The number of hydrogen-bond donors (Lipinski definition) is 0. The molecule has 3 aromatic carbocycles. The van der Waals surface area contributed by atoms with E-state index in [4.69, 9.17) is 18.4 Å². The molecule has 302 valence electrons. The zero-order valence-corrected chi connectivity index (χ0v) is 35.7. The van der Waals surface area contributed by atoms with Gasteiger partial charge in [-0.05, 0) is 93.9 Å². The van der Waals surface area contributed by atoms with E-state index in [-0.39, 0.29) is 60.1 Å². The number of carbonyl (C=O) groups excluding carboxylic acids is 3. The zero-order chi connectivity index (χ0) is 41.2. The van der Waals surface area contributed by atoms with E-state index in [0.717, 1.165) is 11.1 Å². The van der Waals surface area contributed by atoms with Gasteiger partial charge in [0, 0.05) is 23.6 Å². The Morgan fingerprint density at radius 3 is 2.07 bits per heavy atom. The molecule has 57 heavy (non-hydrogen) atoms. The number of ketones is 3. The SMILES string of the molecule is Cc1c(CN(C)C)c(F)c2c(c1OCc1ccccc1)C(=O)C1C(=O)[C@]3(O[Si](C)(C)C(C)(C)C)C(=O)c4c(OCc5ccccc5)noc4[C@@H](N(C)C)[C@@H]3C[C@@H]1C2. The molecular weight excluding hydrogens is 742 g/mol. The molecule has 1 aromatic heterocycles. The fraction of sp³-hybridized carbons (Fsp3) is 0.467. The summed E-state index contributed by atoms with van der Waals surface area (Å²) in [6, 6.07) is 18.4. The normalized spacial score (nSPS) is 23.3. The van der Waals surface area contributed by atoms with Crippen LogP contribution >= 0.6 is 0 Å². The molecule has 0 spiro atoms. The lowest BCUT2D eigenvalue weighted by Crippen LogP contribution is -2.70. The van der Waals surface area contributed by atoms with Gasteiger partial charge in [-0.3, -0.25) is 19.3 Å². The quantitative estimate of drug-likeness (QED) is 0.109. The van der Waals surface area contributed by atoms with E-state index in [1.54, 1.807) is 6.92 Å². The van der Waals surface area contributed by atoms with Crippen molar-refractivity contribution >= 4 is 25.7 Å². The highest BCUT2D eigenvalue weighted by Gasteiger charge is 2.70. The van der Waals surface area contributed by atoms with Gasteiger partial charge in [0.05, 0.1) is 17.5 Å². The summed E-state index contributed by atoms with van der Waals surface area (Å²) in [5, 5.41) is 3.85. The molecule has 12 heteroatoms. The van der Waals surface area contributed by atoms with Crippen LogP contribution < -0.4 is 9.47 Å². The molecule has 5 atom stereocenters. The lowest BCUT2D eigenvalue weighted by molar-refractivity contribution is -0.151. The summed E-state index contributed by atoms with van der Waals surface area (Å²) in [5.41, 5.74) is 0.987. The Hall–Kier alpha value is -4.49. The van der Waals surface area contributed by atoms with E-state index in [2.05, 4.69) is 5.16 Å². The number of nitrogens with zero attached hydrogens (tertiary/aromatic N) is 3. The van der Waals surface area contributed by atoms with Gasteiger partial charge in [0.2, 0.25) is 5.78 Å². The van der Waals surface area contributed by atoms with Gasteiger partial charge < -0.3 is 23.3 Å². The molecule has 0 radical (unpaired) electrons. The van der Waals surface area contributed by atoms with Crippen LogP contribution in [0.2, 0.25) is 18.1 Å². The van der Waals surface area contributed by atoms with Gasteiger partial charge >= 0.3 is 0 Å². The summed E-state index contributed by atoms with van der Waals surface area (Å²) in [7, 11) is 4.50. The highest BCUT2D eigenvalue weighted by atomic mass is 28.4. The van der Waals surface area contributed by atoms with E-state index in [1.807, 2.05) is 133 Å². The smallest absolute Gasteiger partial charge is 0.265 e. The molecule has 1 heterocycles. The second-order valence-corrected chi connectivity index (χ2v) is 22.7. The fourth-order valence-electron chi connectivity index (χ4n) is 8.84. The molecule has 1 saturated carbocycles. The van der Waals surface area contributed by atoms with Crippen LogP contribution in [0.5, 0.6) is 11.6 Å². The molecule has 0 N–H and O–H groups in total. The molecule has 1 unspecified atom stereocenters. The predicted octanol–water partition coefficient (Wildman–Crippen LogP) is 8.16.